The first-order valence-electron chi connectivity index (χ1n) is 5.27. The molecule has 1 aromatic carbocycles. The molecule has 1 N–H and O–H groups in total. The van der Waals surface area contributed by atoms with Gasteiger partial charge in [0.2, 0.25) is 5.95 Å². The Morgan fingerprint density at radius 1 is 1.06 bits per heavy atom. The van der Waals surface area contributed by atoms with E-state index in [9.17, 15) is 0 Å². The number of nitrogens with one attached hydrogen (secondary N) is 1. The van der Waals surface area contributed by atoms with Gasteiger partial charge >= 0.3 is 0 Å². The Labute approximate surface area is 100.0 Å². The van der Waals surface area contributed by atoms with Crippen molar-refractivity contribution in [3.63, 3.8) is 0 Å². The minimum absolute atomic E-state index is 0.576. The maximum absolute atomic E-state index is 8.70. The predicted octanol–water partition coefficient (Wildman–Crippen LogP) is 2.71. The standard InChI is InChI=1S/C13H12N4/c1-9-7-10(2)16-13(15-9)17-12-5-3-11(8-14)4-6-12/h3-7H,1-2H3,(H,15,16,17). The zero-order chi connectivity index (χ0) is 12.3. The third-order valence-electron chi connectivity index (χ3n) is 2.25. The summed E-state index contributed by atoms with van der Waals surface area (Å²) in [6, 6.07) is 11.2. The third-order valence-corrected chi connectivity index (χ3v) is 2.25. The Morgan fingerprint density at radius 3 is 2.18 bits per heavy atom. The third kappa shape index (κ3) is 2.79. The molecular weight excluding hydrogens is 212 g/mol. The molecular formula is C13H12N4. The smallest absolute Gasteiger partial charge is 0.227 e. The molecule has 0 unspecified atom stereocenters. The van der Waals surface area contributed by atoms with Crippen molar-refractivity contribution in [2.45, 2.75) is 13.8 Å². The lowest BCUT2D eigenvalue weighted by Gasteiger charge is -2.06. The summed E-state index contributed by atoms with van der Waals surface area (Å²) < 4.78 is 0. The van der Waals surface area contributed by atoms with E-state index in [-0.39, 0.29) is 0 Å². The lowest BCUT2D eigenvalue weighted by molar-refractivity contribution is 1.06. The van der Waals surface area contributed by atoms with Crippen molar-refractivity contribution in [1.82, 2.24) is 9.97 Å². The van der Waals surface area contributed by atoms with Gasteiger partial charge in [-0.1, -0.05) is 0 Å². The van der Waals surface area contributed by atoms with Crippen molar-refractivity contribution in [3.05, 3.63) is 47.3 Å². The predicted molar refractivity (Wildman–Crippen MR) is 65.9 cm³/mol. The van der Waals surface area contributed by atoms with Crippen LogP contribution in [0.3, 0.4) is 0 Å². The summed E-state index contributed by atoms with van der Waals surface area (Å²) >= 11 is 0. The van der Waals surface area contributed by atoms with Crippen molar-refractivity contribution in [2.75, 3.05) is 5.32 Å². The highest BCUT2D eigenvalue weighted by Crippen LogP contribution is 2.14. The second-order valence-corrected chi connectivity index (χ2v) is 3.79. The molecule has 17 heavy (non-hydrogen) atoms. The van der Waals surface area contributed by atoms with Gasteiger partial charge in [-0.25, -0.2) is 9.97 Å². The Hall–Kier alpha value is -2.41. The molecule has 1 heterocycles. The van der Waals surface area contributed by atoms with Crippen molar-refractivity contribution in [2.24, 2.45) is 0 Å². The van der Waals surface area contributed by atoms with E-state index >= 15 is 0 Å². The molecule has 0 aliphatic rings. The van der Waals surface area contributed by atoms with Crippen LogP contribution in [0.1, 0.15) is 17.0 Å². The first kappa shape index (κ1) is 11.1. The number of nitrogens with zero attached hydrogens (tertiary/aromatic N) is 3. The van der Waals surface area contributed by atoms with Gasteiger partial charge in [0.1, 0.15) is 0 Å². The highest BCUT2D eigenvalue weighted by atomic mass is 15.1. The van der Waals surface area contributed by atoms with Gasteiger partial charge in [0, 0.05) is 17.1 Å². The summed E-state index contributed by atoms with van der Waals surface area (Å²) in [6.45, 7) is 3.86. The maximum Gasteiger partial charge on any atom is 0.227 e. The van der Waals surface area contributed by atoms with Crippen molar-refractivity contribution < 1.29 is 0 Å². The summed E-state index contributed by atoms with van der Waals surface area (Å²) in [5, 5.41) is 11.8. The largest absolute Gasteiger partial charge is 0.324 e. The number of benzene rings is 1. The molecule has 2 aromatic rings. The van der Waals surface area contributed by atoms with Crippen LogP contribution in [0.2, 0.25) is 0 Å². The zero-order valence-corrected chi connectivity index (χ0v) is 9.73. The molecule has 0 fully saturated rings. The molecule has 0 aliphatic heterocycles. The highest BCUT2D eigenvalue weighted by molar-refractivity contribution is 5.54. The van der Waals surface area contributed by atoms with Gasteiger partial charge in [0.05, 0.1) is 11.6 Å². The molecule has 1 aromatic heterocycles. The first-order chi connectivity index (χ1) is 8.17. The molecule has 0 bridgehead atoms. The van der Waals surface area contributed by atoms with E-state index in [2.05, 4.69) is 21.4 Å². The molecule has 0 amide bonds. The highest BCUT2D eigenvalue weighted by Gasteiger charge is 2.00. The number of hydrogen-bond acceptors (Lipinski definition) is 4. The van der Waals surface area contributed by atoms with Gasteiger partial charge in [-0.2, -0.15) is 5.26 Å². The minimum Gasteiger partial charge on any atom is -0.324 e. The molecule has 0 saturated heterocycles. The van der Waals surface area contributed by atoms with E-state index in [1.165, 1.54) is 0 Å². The van der Waals surface area contributed by atoms with Gasteiger partial charge in [0.15, 0.2) is 0 Å². The topological polar surface area (TPSA) is 61.6 Å². The van der Waals surface area contributed by atoms with E-state index in [1.807, 2.05) is 32.0 Å². The molecule has 4 nitrogen and oxygen atoms in total. The fourth-order valence-corrected chi connectivity index (χ4v) is 1.54. The molecule has 0 aliphatic carbocycles. The van der Waals surface area contributed by atoms with Gasteiger partial charge in [-0.3, -0.25) is 0 Å². The summed E-state index contributed by atoms with van der Waals surface area (Å²) in [4.78, 5) is 8.57. The number of rotatable bonds is 2. The van der Waals surface area contributed by atoms with Crippen LogP contribution in [0.5, 0.6) is 0 Å². The monoisotopic (exact) mass is 224 g/mol. The van der Waals surface area contributed by atoms with Gasteiger partial charge in [-0.15, -0.1) is 0 Å². The van der Waals surface area contributed by atoms with Crippen LogP contribution >= 0.6 is 0 Å². The Morgan fingerprint density at radius 2 is 1.65 bits per heavy atom. The second kappa shape index (κ2) is 4.62. The summed E-state index contributed by atoms with van der Waals surface area (Å²) in [5.41, 5.74) is 3.35. The van der Waals surface area contributed by atoms with Crippen molar-refractivity contribution >= 4 is 11.6 Å². The summed E-state index contributed by atoms with van der Waals surface area (Å²) in [5.74, 6) is 0.576. The lowest BCUT2D eigenvalue weighted by Crippen LogP contribution is -1.99. The number of aromatic nitrogens is 2. The van der Waals surface area contributed by atoms with E-state index in [1.54, 1.807) is 12.1 Å². The van der Waals surface area contributed by atoms with Crippen molar-refractivity contribution in [3.8, 4) is 6.07 Å². The molecule has 0 spiro atoms. The molecule has 2 rings (SSSR count). The van der Waals surface area contributed by atoms with Crippen LogP contribution in [-0.4, -0.2) is 9.97 Å². The lowest BCUT2D eigenvalue weighted by atomic mass is 10.2. The van der Waals surface area contributed by atoms with Crippen LogP contribution in [0.15, 0.2) is 30.3 Å². The molecule has 0 radical (unpaired) electrons. The van der Waals surface area contributed by atoms with E-state index in [0.717, 1.165) is 17.1 Å². The second-order valence-electron chi connectivity index (χ2n) is 3.79. The van der Waals surface area contributed by atoms with Crippen LogP contribution in [-0.2, 0) is 0 Å². The van der Waals surface area contributed by atoms with E-state index in [0.29, 0.717) is 11.5 Å². The van der Waals surface area contributed by atoms with Crippen LogP contribution in [0.25, 0.3) is 0 Å². The first-order valence-corrected chi connectivity index (χ1v) is 5.27. The van der Waals surface area contributed by atoms with E-state index < -0.39 is 0 Å². The number of hydrogen-bond donors (Lipinski definition) is 1. The average molecular weight is 224 g/mol. The molecule has 4 heteroatoms. The van der Waals surface area contributed by atoms with Crippen LogP contribution in [0, 0.1) is 25.2 Å². The molecule has 0 saturated carbocycles. The summed E-state index contributed by atoms with van der Waals surface area (Å²) in [7, 11) is 0. The quantitative estimate of drug-likeness (QED) is 0.851. The maximum atomic E-state index is 8.70. The normalized spacial score (nSPS) is 9.71. The average Bonchev–Trinajstić information content (AvgIpc) is 2.28. The molecule has 84 valence electrons. The SMILES string of the molecule is Cc1cc(C)nc(Nc2ccc(C#N)cc2)n1. The van der Waals surface area contributed by atoms with Crippen LogP contribution < -0.4 is 5.32 Å². The fraction of sp³-hybridized carbons (Fsp3) is 0.154. The van der Waals surface area contributed by atoms with E-state index in [4.69, 9.17) is 5.26 Å². The Kier molecular flexibility index (Phi) is 3.01. The van der Waals surface area contributed by atoms with Gasteiger partial charge < -0.3 is 5.32 Å². The Bertz CT molecular complexity index is 547. The number of aryl methyl sites for hydroxylation is 2. The fourth-order valence-electron chi connectivity index (χ4n) is 1.54. The zero-order valence-electron chi connectivity index (χ0n) is 9.73. The van der Waals surface area contributed by atoms with Gasteiger partial charge in [0.25, 0.3) is 0 Å². The summed E-state index contributed by atoms with van der Waals surface area (Å²) in [6.07, 6.45) is 0. The Balaban J connectivity index is 2.22. The van der Waals surface area contributed by atoms with Gasteiger partial charge in [-0.05, 0) is 44.2 Å². The molecule has 0 atom stereocenters. The number of anilines is 2. The number of nitriles is 1. The minimum atomic E-state index is 0.576. The van der Waals surface area contributed by atoms with Crippen LogP contribution in [0.4, 0.5) is 11.6 Å². The van der Waals surface area contributed by atoms with Crippen molar-refractivity contribution in [1.29, 1.82) is 5.26 Å².